The van der Waals surface area contributed by atoms with E-state index in [1.54, 1.807) is 18.2 Å². The molecule has 2 heterocycles. The minimum absolute atomic E-state index is 0.166. The number of aromatic nitrogens is 1. The highest BCUT2D eigenvalue weighted by atomic mass is 32.2. The van der Waals surface area contributed by atoms with Crippen molar-refractivity contribution in [1.29, 1.82) is 0 Å². The summed E-state index contributed by atoms with van der Waals surface area (Å²) in [6.07, 6.45) is 6.29. The Morgan fingerprint density at radius 2 is 1.82 bits per heavy atom. The Kier molecular flexibility index (Phi) is 7.59. The highest BCUT2D eigenvalue weighted by molar-refractivity contribution is 7.90. The molecule has 1 fully saturated rings. The average Bonchev–Trinajstić information content (AvgIpc) is 3.37. The van der Waals surface area contributed by atoms with Gasteiger partial charge in [0.15, 0.2) is 0 Å². The summed E-state index contributed by atoms with van der Waals surface area (Å²) in [5, 5.41) is 8.54. The number of nitrogens with zero attached hydrogens (tertiary/aromatic N) is 2. The molecule has 0 atom stereocenters. The van der Waals surface area contributed by atoms with E-state index in [0.717, 1.165) is 60.4 Å². The summed E-state index contributed by atoms with van der Waals surface area (Å²) in [7, 11) is -3.77. The molecular formula is C25H27N3O5S. The summed E-state index contributed by atoms with van der Waals surface area (Å²) in [6.45, 7) is 4.50. The number of morpholine rings is 1. The fourth-order valence-corrected chi connectivity index (χ4v) is 5.01. The summed E-state index contributed by atoms with van der Waals surface area (Å²) < 4.78 is 32.5. The molecule has 1 saturated heterocycles. The Labute approximate surface area is 199 Å². The van der Waals surface area contributed by atoms with Crippen molar-refractivity contribution in [3.8, 4) is 11.1 Å². The number of nitrogens with one attached hydrogen (secondary N) is 1. The van der Waals surface area contributed by atoms with E-state index in [1.807, 2.05) is 24.3 Å². The molecule has 2 aromatic carbocycles. The number of hydrogen-bond acceptors (Lipinski definition) is 6. The van der Waals surface area contributed by atoms with Gasteiger partial charge in [-0.05, 0) is 52.9 Å². The maximum atomic E-state index is 13.0. The largest absolute Gasteiger partial charge is 0.379 e. The minimum Gasteiger partial charge on any atom is -0.379 e. The molecule has 4 rings (SSSR count). The summed E-state index contributed by atoms with van der Waals surface area (Å²) >= 11 is 0. The molecule has 1 aliphatic heterocycles. The monoisotopic (exact) mass is 481 g/mol. The van der Waals surface area contributed by atoms with Crippen molar-refractivity contribution < 1.29 is 23.2 Å². The van der Waals surface area contributed by atoms with Gasteiger partial charge in [0.2, 0.25) is 0 Å². The van der Waals surface area contributed by atoms with Crippen molar-refractivity contribution in [2.75, 3.05) is 32.8 Å². The molecule has 9 heteroatoms. The molecular weight excluding hydrogens is 454 g/mol. The van der Waals surface area contributed by atoms with Crippen LogP contribution in [-0.4, -0.2) is 61.3 Å². The Morgan fingerprint density at radius 1 is 1.06 bits per heavy atom. The van der Waals surface area contributed by atoms with Crippen LogP contribution >= 0.6 is 0 Å². The molecule has 1 aromatic heterocycles. The second kappa shape index (κ2) is 10.8. The van der Waals surface area contributed by atoms with Gasteiger partial charge in [0.25, 0.3) is 15.9 Å². The average molecular weight is 482 g/mol. The van der Waals surface area contributed by atoms with E-state index in [9.17, 15) is 13.2 Å². The fourth-order valence-electron chi connectivity index (χ4n) is 3.81. The first-order chi connectivity index (χ1) is 16.5. The number of hydrogen-bond donors (Lipinski definition) is 2. The molecule has 0 spiro atoms. The normalized spacial score (nSPS) is 15.0. The number of rotatable bonds is 8. The van der Waals surface area contributed by atoms with Crippen LogP contribution < -0.4 is 5.48 Å². The Bertz CT molecular complexity index is 1260. The van der Waals surface area contributed by atoms with Gasteiger partial charge >= 0.3 is 0 Å². The number of carbonyl (C=O) groups is 1. The lowest BCUT2D eigenvalue weighted by atomic mass is 10.0. The summed E-state index contributed by atoms with van der Waals surface area (Å²) in [5.74, 6) is -0.698. The summed E-state index contributed by atoms with van der Waals surface area (Å²) in [5.41, 5.74) is 5.22. The first-order valence-electron chi connectivity index (χ1n) is 11.0. The Hall–Kier alpha value is -3.24. The molecule has 8 nitrogen and oxygen atoms in total. The molecule has 0 aliphatic carbocycles. The van der Waals surface area contributed by atoms with Crippen LogP contribution in [0.5, 0.6) is 0 Å². The van der Waals surface area contributed by atoms with Crippen LogP contribution in [0.3, 0.4) is 0 Å². The highest BCUT2D eigenvalue weighted by Gasteiger charge is 2.17. The van der Waals surface area contributed by atoms with Gasteiger partial charge in [-0.1, -0.05) is 36.4 Å². The molecule has 178 valence electrons. The lowest BCUT2D eigenvalue weighted by molar-refractivity contribution is -0.124. The quantitative estimate of drug-likeness (QED) is 0.292. The van der Waals surface area contributed by atoms with Crippen molar-refractivity contribution >= 4 is 22.0 Å². The summed E-state index contributed by atoms with van der Waals surface area (Å²) in [4.78, 5) is 13.7. The number of hydroxylamine groups is 1. The van der Waals surface area contributed by atoms with Crippen LogP contribution in [0.2, 0.25) is 0 Å². The van der Waals surface area contributed by atoms with Crippen molar-refractivity contribution in [2.45, 2.75) is 11.3 Å². The zero-order valence-corrected chi connectivity index (χ0v) is 19.4. The smallest absolute Gasteiger partial charge is 0.267 e. The van der Waals surface area contributed by atoms with Crippen LogP contribution in [0.25, 0.3) is 17.2 Å². The van der Waals surface area contributed by atoms with Crippen molar-refractivity contribution in [3.05, 3.63) is 84.2 Å². The molecule has 1 aliphatic rings. The van der Waals surface area contributed by atoms with Crippen molar-refractivity contribution in [1.82, 2.24) is 14.4 Å². The topological polar surface area (TPSA) is 101 Å². The van der Waals surface area contributed by atoms with Gasteiger partial charge in [-0.25, -0.2) is 17.9 Å². The van der Waals surface area contributed by atoms with Gasteiger partial charge in [0, 0.05) is 38.1 Å². The maximum Gasteiger partial charge on any atom is 0.267 e. The molecule has 3 aromatic rings. The number of amides is 1. The van der Waals surface area contributed by atoms with Crippen molar-refractivity contribution in [2.24, 2.45) is 0 Å². The van der Waals surface area contributed by atoms with Gasteiger partial charge in [-0.15, -0.1) is 0 Å². The highest BCUT2D eigenvalue weighted by Crippen LogP contribution is 2.24. The maximum absolute atomic E-state index is 13.0. The fraction of sp³-hybridized carbons (Fsp3) is 0.240. The zero-order valence-electron chi connectivity index (χ0n) is 18.6. The molecule has 34 heavy (non-hydrogen) atoms. The van der Waals surface area contributed by atoms with Crippen LogP contribution in [0.15, 0.2) is 78.0 Å². The first kappa shape index (κ1) is 23.9. The first-order valence-corrected chi connectivity index (χ1v) is 12.4. The third-order valence-electron chi connectivity index (χ3n) is 5.74. The van der Waals surface area contributed by atoms with Crippen LogP contribution in [-0.2, 0) is 26.0 Å². The molecule has 0 bridgehead atoms. The number of carbonyl (C=O) groups excluding carboxylic acids is 1. The molecule has 2 N–H and O–H groups in total. The summed E-state index contributed by atoms with van der Waals surface area (Å²) in [6, 6.07) is 16.7. The van der Waals surface area contributed by atoms with Crippen LogP contribution in [0.1, 0.15) is 11.1 Å². The van der Waals surface area contributed by atoms with Crippen LogP contribution in [0, 0.1) is 0 Å². The van der Waals surface area contributed by atoms with Crippen molar-refractivity contribution in [3.63, 3.8) is 0 Å². The lowest BCUT2D eigenvalue weighted by Gasteiger charge is -2.26. The second-order valence-electron chi connectivity index (χ2n) is 8.02. The molecule has 1 amide bonds. The van der Waals surface area contributed by atoms with E-state index in [1.165, 1.54) is 29.5 Å². The third kappa shape index (κ3) is 5.81. The van der Waals surface area contributed by atoms with E-state index in [4.69, 9.17) is 9.94 Å². The molecule has 0 saturated carbocycles. The molecule has 0 radical (unpaired) electrons. The zero-order chi connectivity index (χ0) is 24.0. The number of benzene rings is 2. The Morgan fingerprint density at radius 3 is 2.56 bits per heavy atom. The van der Waals surface area contributed by atoms with Gasteiger partial charge < -0.3 is 4.74 Å². The standard InChI is InChI=1S/C25H27N3O5S/c29-25(26-30)9-4-21-11-13-28(19-21)34(31,32)24-7-5-22(6-8-24)23-3-1-2-20(18-23)10-12-27-14-16-33-17-15-27/h1-9,11,13,18-19,30H,10,12,14-17H2,(H,26,29)/b9-4+. The van der Waals surface area contributed by atoms with E-state index in [-0.39, 0.29) is 4.90 Å². The van der Waals surface area contributed by atoms with Crippen LogP contribution in [0.4, 0.5) is 0 Å². The predicted molar refractivity (Wildman–Crippen MR) is 129 cm³/mol. The predicted octanol–water partition coefficient (Wildman–Crippen LogP) is 2.79. The van der Waals surface area contributed by atoms with E-state index >= 15 is 0 Å². The lowest BCUT2D eigenvalue weighted by Crippen LogP contribution is -2.37. The SMILES string of the molecule is O=C(/C=C/c1ccn(S(=O)(=O)c2ccc(-c3cccc(CCN4CCOCC4)c3)cc2)c1)NO. The Balaban J connectivity index is 1.46. The molecule has 0 unspecified atom stereocenters. The second-order valence-corrected chi connectivity index (χ2v) is 9.86. The van der Waals surface area contributed by atoms with Gasteiger partial charge in [-0.2, -0.15) is 0 Å². The third-order valence-corrected chi connectivity index (χ3v) is 7.39. The van der Waals surface area contributed by atoms with Gasteiger partial charge in [0.1, 0.15) is 0 Å². The van der Waals surface area contributed by atoms with E-state index in [2.05, 4.69) is 17.0 Å². The van der Waals surface area contributed by atoms with Gasteiger partial charge in [0.05, 0.1) is 18.1 Å². The van der Waals surface area contributed by atoms with E-state index in [0.29, 0.717) is 5.56 Å². The van der Waals surface area contributed by atoms with E-state index < -0.39 is 15.9 Å². The number of ether oxygens (including phenoxy) is 1. The minimum atomic E-state index is -3.77. The van der Waals surface area contributed by atoms with Gasteiger partial charge in [-0.3, -0.25) is 14.9 Å².